The van der Waals surface area contributed by atoms with Gasteiger partial charge in [-0.3, -0.25) is 0 Å². The lowest BCUT2D eigenvalue weighted by atomic mass is 10.2. The highest BCUT2D eigenvalue weighted by atomic mass is 35.5. The van der Waals surface area contributed by atoms with Crippen LogP contribution in [0.2, 0.25) is 5.15 Å². The van der Waals surface area contributed by atoms with Gasteiger partial charge in [0, 0.05) is 19.1 Å². The van der Waals surface area contributed by atoms with Gasteiger partial charge in [0.05, 0.1) is 7.11 Å². The van der Waals surface area contributed by atoms with Crippen LogP contribution in [0.15, 0.2) is 0 Å². The van der Waals surface area contributed by atoms with Crippen molar-refractivity contribution in [2.24, 2.45) is 0 Å². The number of carbonyl (C=O) groups excluding carboxylic acids is 1. The van der Waals surface area contributed by atoms with Crippen molar-refractivity contribution < 1.29 is 9.53 Å². The topological polar surface area (TPSA) is 54.5 Å². The molecule has 1 aromatic rings. The molecule has 5 nitrogen and oxygen atoms in total. The minimum absolute atomic E-state index is 0.189. The molecule has 1 N–H and O–H groups in total. The lowest BCUT2D eigenvalue weighted by molar-refractivity contribution is 0.0606. The first-order chi connectivity index (χ1) is 8.99. The number of methoxy groups -OCH3 is 1. The number of nitrogens with one attached hydrogen (secondary N) is 1. The summed E-state index contributed by atoms with van der Waals surface area (Å²) in [5.41, 5.74) is 0. The molecule has 1 atom stereocenters. The van der Waals surface area contributed by atoms with E-state index in [4.69, 9.17) is 11.6 Å². The molecule has 108 valence electrons. The molecule has 7 heteroatoms. The Kier molecular flexibility index (Phi) is 6.54. The van der Waals surface area contributed by atoms with E-state index in [0.29, 0.717) is 16.1 Å². The summed E-state index contributed by atoms with van der Waals surface area (Å²) in [6, 6.07) is 0.548. The molecule has 0 saturated heterocycles. The van der Waals surface area contributed by atoms with E-state index in [2.05, 4.69) is 40.8 Å². The number of hydrogen-bond donors (Lipinski definition) is 1. The van der Waals surface area contributed by atoms with Crippen molar-refractivity contribution in [1.29, 1.82) is 0 Å². The number of nitrogens with zero attached hydrogens (tertiary/aromatic N) is 2. The van der Waals surface area contributed by atoms with Crippen LogP contribution >= 0.6 is 22.9 Å². The summed E-state index contributed by atoms with van der Waals surface area (Å²) >= 11 is 7.09. The molecular weight excluding hydrogens is 286 g/mol. The molecule has 0 aliphatic heterocycles. The van der Waals surface area contributed by atoms with Crippen molar-refractivity contribution >= 4 is 34.0 Å². The van der Waals surface area contributed by atoms with Crippen molar-refractivity contribution in [3.05, 3.63) is 10.0 Å². The number of thiazole rings is 1. The van der Waals surface area contributed by atoms with Crippen molar-refractivity contribution in [1.82, 2.24) is 9.88 Å². The first-order valence-corrected chi connectivity index (χ1v) is 7.37. The number of likely N-dealkylation sites (N-methyl/N-ethyl adjacent to an activating group) is 1. The minimum atomic E-state index is -0.452. The van der Waals surface area contributed by atoms with Crippen molar-refractivity contribution in [3.8, 4) is 0 Å². The zero-order valence-corrected chi connectivity index (χ0v) is 13.3. The summed E-state index contributed by atoms with van der Waals surface area (Å²) in [7, 11) is 3.41. The number of hydrogen-bond acceptors (Lipinski definition) is 6. The molecule has 0 aliphatic carbocycles. The second-order valence-corrected chi connectivity index (χ2v) is 5.65. The number of carbonyl (C=O) groups is 1. The molecule has 1 rings (SSSR count). The Bertz CT molecular complexity index is 425. The molecule has 0 aromatic carbocycles. The van der Waals surface area contributed by atoms with Gasteiger partial charge in [-0.2, -0.15) is 0 Å². The van der Waals surface area contributed by atoms with E-state index >= 15 is 0 Å². The van der Waals surface area contributed by atoms with Crippen molar-refractivity contribution in [2.75, 3.05) is 32.6 Å². The fourth-order valence-corrected chi connectivity index (χ4v) is 2.60. The van der Waals surface area contributed by atoms with Gasteiger partial charge in [-0.05, 0) is 20.4 Å². The van der Waals surface area contributed by atoms with Crippen LogP contribution in [-0.2, 0) is 4.74 Å². The maximum Gasteiger partial charge on any atom is 0.351 e. The Morgan fingerprint density at radius 2 is 2.32 bits per heavy atom. The second-order valence-electron chi connectivity index (χ2n) is 4.30. The standard InChI is InChI=1S/C12H20ClN3O2S/c1-5-8(2)16(3)7-6-14-12-15-10(13)9(19-12)11(17)18-4/h8H,5-7H2,1-4H3,(H,14,15). The summed E-state index contributed by atoms with van der Waals surface area (Å²) in [6.45, 7) is 6.01. The van der Waals surface area contributed by atoms with Gasteiger partial charge in [0.2, 0.25) is 0 Å². The number of anilines is 1. The third-order valence-electron chi connectivity index (χ3n) is 3.04. The fraction of sp³-hybridized carbons (Fsp3) is 0.667. The van der Waals surface area contributed by atoms with Crippen molar-refractivity contribution in [2.45, 2.75) is 26.3 Å². The average molecular weight is 306 g/mol. The quantitative estimate of drug-likeness (QED) is 0.785. The first-order valence-electron chi connectivity index (χ1n) is 6.18. The zero-order valence-electron chi connectivity index (χ0n) is 11.7. The lowest BCUT2D eigenvalue weighted by Crippen LogP contribution is -2.32. The second kappa shape index (κ2) is 7.67. The van der Waals surface area contributed by atoms with Crippen LogP contribution in [-0.4, -0.2) is 49.1 Å². The average Bonchev–Trinajstić information content (AvgIpc) is 2.77. The predicted octanol–water partition coefficient (Wildman–Crippen LogP) is 2.73. The van der Waals surface area contributed by atoms with E-state index in [9.17, 15) is 4.79 Å². The Hall–Kier alpha value is -0.850. The van der Waals surface area contributed by atoms with Crippen LogP contribution in [0.4, 0.5) is 5.13 Å². The lowest BCUT2D eigenvalue weighted by Gasteiger charge is -2.23. The van der Waals surface area contributed by atoms with Gasteiger partial charge in [0.1, 0.15) is 0 Å². The van der Waals surface area contributed by atoms with Gasteiger partial charge in [-0.25, -0.2) is 9.78 Å². The molecule has 0 fully saturated rings. The monoisotopic (exact) mass is 305 g/mol. The minimum Gasteiger partial charge on any atom is -0.465 e. The molecule has 1 unspecified atom stereocenters. The molecule has 1 aromatic heterocycles. The summed E-state index contributed by atoms with van der Waals surface area (Å²) in [4.78, 5) is 18.1. The Morgan fingerprint density at radius 1 is 1.63 bits per heavy atom. The van der Waals surface area contributed by atoms with Crippen LogP contribution in [0, 0.1) is 0 Å². The number of rotatable bonds is 7. The van der Waals surface area contributed by atoms with Gasteiger partial charge >= 0.3 is 5.97 Å². The normalized spacial score (nSPS) is 12.5. The van der Waals surface area contributed by atoms with Crippen LogP contribution in [0.25, 0.3) is 0 Å². The smallest absolute Gasteiger partial charge is 0.351 e. The van der Waals surface area contributed by atoms with E-state index in [1.807, 2.05) is 0 Å². The highest BCUT2D eigenvalue weighted by Gasteiger charge is 2.17. The summed E-state index contributed by atoms with van der Waals surface area (Å²) in [6.07, 6.45) is 1.12. The predicted molar refractivity (Wildman–Crippen MR) is 79.3 cm³/mol. The first kappa shape index (κ1) is 16.2. The van der Waals surface area contributed by atoms with E-state index in [0.717, 1.165) is 19.5 Å². The largest absolute Gasteiger partial charge is 0.465 e. The molecule has 0 bridgehead atoms. The zero-order chi connectivity index (χ0) is 14.4. The maximum atomic E-state index is 11.4. The number of aromatic nitrogens is 1. The third kappa shape index (κ3) is 4.63. The number of ether oxygens (including phenoxy) is 1. The summed E-state index contributed by atoms with van der Waals surface area (Å²) in [5.74, 6) is -0.452. The van der Waals surface area contributed by atoms with E-state index in [1.165, 1.54) is 18.4 Å². The fourth-order valence-electron chi connectivity index (χ4n) is 1.47. The van der Waals surface area contributed by atoms with E-state index < -0.39 is 5.97 Å². The molecule has 0 spiro atoms. The van der Waals surface area contributed by atoms with E-state index in [1.54, 1.807) is 0 Å². The van der Waals surface area contributed by atoms with Crippen LogP contribution < -0.4 is 5.32 Å². The molecule has 0 saturated carbocycles. The summed E-state index contributed by atoms with van der Waals surface area (Å²) in [5, 5.41) is 4.00. The Labute approximate surface area is 122 Å². The van der Waals surface area contributed by atoms with Gasteiger partial charge < -0.3 is 15.0 Å². The van der Waals surface area contributed by atoms with Gasteiger partial charge in [0.25, 0.3) is 0 Å². The van der Waals surface area contributed by atoms with Gasteiger partial charge in [0.15, 0.2) is 15.2 Å². The highest BCUT2D eigenvalue weighted by Crippen LogP contribution is 2.27. The SMILES string of the molecule is CCC(C)N(C)CCNc1nc(Cl)c(C(=O)OC)s1. The number of halogens is 1. The molecule has 0 radical (unpaired) electrons. The van der Waals surface area contributed by atoms with Crippen molar-refractivity contribution in [3.63, 3.8) is 0 Å². The maximum absolute atomic E-state index is 11.4. The van der Waals surface area contributed by atoms with Gasteiger partial charge in [-0.15, -0.1) is 0 Å². The molecule has 0 aliphatic rings. The Morgan fingerprint density at radius 3 is 2.89 bits per heavy atom. The summed E-state index contributed by atoms with van der Waals surface area (Å²) < 4.78 is 4.63. The Balaban J connectivity index is 2.48. The van der Waals surface area contributed by atoms with Crippen LogP contribution in [0.1, 0.15) is 29.9 Å². The molecule has 0 amide bonds. The highest BCUT2D eigenvalue weighted by molar-refractivity contribution is 7.18. The molecular formula is C12H20ClN3O2S. The van der Waals surface area contributed by atoms with Crippen LogP contribution in [0.5, 0.6) is 0 Å². The van der Waals surface area contributed by atoms with E-state index in [-0.39, 0.29) is 5.15 Å². The third-order valence-corrected chi connectivity index (χ3v) is 4.42. The molecule has 19 heavy (non-hydrogen) atoms. The van der Waals surface area contributed by atoms with Gasteiger partial charge in [-0.1, -0.05) is 29.9 Å². The molecule has 1 heterocycles. The number of esters is 1. The van der Waals surface area contributed by atoms with Crippen LogP contribution in [0.3, 0.4) is 0 Å².